The van der Waals surface area contributed by atoms with E-state index in [0.29, 0.717) is 19.2 Å². The molecule has 0 radical (unpaired) electrons. The van der Waals surface area contributed by atoms with E-state index >= 15 is 0 Å². The Morgan fingerprint density at radius 1 is 1.04 bits per heavy atom. The van der Waals surface area contributed by atoms with Crippen LogP contribution in [0.5, 0.6) is 11.5 Å². The second-order valence-electron chi connectivity index (χ2n) is 7.15. The van der Waals surface area contributed by atoms with Gasteiger partial charge in [0.15, 0.2) is 11.5 Å². The average Bonchev–Trinajstić information content (AvgIpc) is 3.25. The lowest BCUT2D eigenvalue weighted by molar-refractivity contribution is 0.120. The second-order valence-corrected chi connectivity index (χ2v) is 7.15. The van der Waals surface area contributed by atoms with Crippen LogP contribution >= 0.6 is 0 Å². The third-order valence-electron chi connectivity index (χ3n) is 5.14. The summed E-state index contributed by atoms with van der Waals surface area (Å²) in [5.74, 6) is 2.13. The predicted molar refractivity (Wildman–Crippen MR) is 106 cm³/mol. The van der Waals surface area contributed by atoms with Crippen molar-refractivity contribution < 1.29 is 14.2 Å². The van der Waals surface area contributed by atoms with Gasteiger partial charge in [0.05, 0.1) is 17.3 Å². The van der Waals surface area contributed by atoms with Gasteiger partial charge in [-0.1, -0.05) is 0 Å². The first-order chi connectivity index (χ1) is 13.8. The molecule has 0 aliphatic carbocycles. The number of pyridine rings is 1. The van der Waals surface area contributed by atoms with Crippen LogP contribution in [0.15, 0.2) is 30.6 Å². The Hall–Kier alpha value is -2.93. The SMILES string of the molecule is Cc1cc(-c2cnc(NCC3CCCO3)nc2)nc2cc3c(cc12)OCCO3. The zero-order valence-corrected chi connectivity index (χ0v) is 15.8. The minimum Gasteiger partial charge on any atom is -0.486 e. The number of rotatable bonds is 4. The fourth-order valence-corrected chi connectivity index (χ4v) is 3.64. The van der Waals surface area contributed by atoms with Gasteiger partial charge in [-0.05, 0) is 37.5 Å². The number of ether oxygens (including phenoxy) is 3. The van der Waals surface area contributed by atoms with Gasteiger partial charge in [0.1, 0.15) is 13.2 Å². The van der Waals surface area contributed by atoms with Crippen LogP contribution in [0.25, 0.3) is 22.2 Å². The van der Waals surface area contributed by atoms with Gasteiger partial charge >= 0.3 is 0 Å². The normalized spacial score (nSPS) is 18.4. The number of hydrogen-bond donors (Lipinski definition) is 1. The van der Waals surface area contributed by atoms with Gasteiger partial charge in [-0.3, -0.25) is 0 Å². The van der Waals surface area contributed by atoms with Crippen molar-refractivity contribution >= 4 is 16.9 Å². The van der Waals surface area contributed by atoms with E-state index in [-0.39, 0.29) is 6.10 Å². The van der Waals surface area contributed by atoms with Crippen LogP contribution in [-0.2, 0) is 4.74 Å². The van der Waals surface area contributed by atoms with Crippen LogP contribution in [0.3, 0.4) is 0 Å². The molecule has 2 aliphatic rings. The number of benzene rings is 1. The van der Waals surface area contributed by atoms with Gasteiger partial charge in [0.2, 0.25) is 5.95 Å². The number of aryl methyl sites for hydroxylation is 1. The molecule has 4 heterocycles. The molecule has 0 spiro atoms. The summed E-state index contributed by atoms with van der Waals surface area (Å²) < 4.78 is 17.0. The molecule has 3 aromatic rings. The zero-order chi connectivity index (χ0) is 18.9. The van der Waals surface area contributed by atoms with Gasteiger partial charge < -0.3 is 19.5 Å². The third-order valence-corrected chi connectivity index (χ3v) is 5.14. The van der Waals surface area contributed by atoms with Crippen molar-refractivity contribution in [1.29, 1.82) is 0 Å². The molecular weight excluding hydrogens is 356 g/mol. The van der Waals surface area contributed by atoms with Crippen molar-refractivity contribution in [3.63, 3.8) is 0 Å². The molecular formula is C21H22N4O3. The monoisotopic (exact) mass is 378 g/mol. The molecule has 7 heteroatoms. The molecule has 7 nitrogen and oxygen atoms in total. The van der Waals surface area contributed by atoms with E-state index in [2.05, 4.69) is 28.3 Å². The molecule has 2 aliphatic heterocycles. The first-order valence-corrected chi connectivity index (χ1v) is 9.65. The molecule has 1 fully saturated rings. The maximum Gasteiger partial charge on any atom is 0.222 e. The largest absolute Gasteiger partial charge is 0.486 e. The van der Waals surface area contributed by atoms with Crippen LogP contribution < -0.4 is 14.8 Å². The summed E-state index contributed by atoms with van der Waals surface area (Å²) in [6.07, 6.45) is 6.07. The van der Waals surface area contributed by atoms with Crippen molar-refractivity contribution in [2.45, 2.75) is 25.9 Å². The molecule has 1 unspecified atom stereocenters. The minimum absolute atomic E-state index is 0.255. The fraction of sp³-hybridized carbons (Fsp3) is 0.381. The number of hydrogen-bond acceptors (Lipinski definition) is 7. The Labute approximate surface area is 163 Å². The van der Waals surface area contributed by atoms with Crippen molar-refractivity contribution in [3.8, 4) is 22.8 Å². The molecule has 0 amide bonds. The lowest BCUT2D eigenvalue weighted by Gasteiger charge is -2.19. The van der Waals surface area contributed by atoms with E-state index in [9.17, 15) is 0 Å². The van der Waals surface area contributed by atoms with E-state index < -0.39 is 0 Å². The van der Waals surface area contributed by atoms with Gasteiger partial charge in [-0.2, -0.15) is 0 Å². The molecule has 28 heavy (non-hydrogen) atoms. The zero-order valence-electron chi connectivity index (χ0n) is 15.8. The van der Waals surface area contributed by atoms with Crippen LogP contribution in [0.2, 0.25) is 0 Å². The van der Waals surface area contributed by atoms with Crippen molar-refractivity contribution in [1.82, 2.24) is 15.0 Å². The molecule has 0 bridgehead atoms. The standard InChI is InChI=1S/C21H22N4O3/c1-13-7-17(25-18-9-20-19(8-16(13)18)27-5-6-28-20)14-10-22-21(23-11-14)24-12-15-3-2-4-26-15/h7-11,15H,2-6,12H2,1H3,(H,22,23,24). The molecule has 1 atom stereocenters. The van der Waals surface area contributed by atoms with E-state index in [1.54, 1.807) is 12.4 Å². The van der Waals surface area contributed by atoms with Gasteiger partial charge in [0, 0.05) is 42.6 Å². The van der Waals surface area contributed by atoms with Crippen molar-refractivity contribution in [2.24, 2.45) is 0 Å². The number of nitrogens with zero attached hydrogens (tertiary/aromatic N) is 3. The summed E-state index contributed by atoms with van der Waals surface area (Å²) in [7, 11) is 0. The van der Waals surface area contributed by atoms with E-state index in [4.69, 9.17) is 19.2 Å². The van der Waals surface area contributed by atoms with Gasteiger partial charge in [0.25, 0.3) is 0 Å². The minimum atomic E-state index is 0.255. The van der Waals surface area contributed by atoms with Gasteiger partial charge in [-0.25, -0.2) is 15.0 Å². The highest BCUT2D eigenvalue weighted by Crippen LogP contribution is 2.36. The molecule has 2 aromatic heterocycles. The Balaban J connectivity index is 1.40. The molecule has 1 saturated heterocycles. The van der Waals surface area contributed by atoms with Crippen molar-refractivity contribution in [2.75, 3.05) is 31.7 Å². The summed E-state index contributed by atoms with van der Waals surface area (Å²) in [6, 6.07) is 6.00. The first-order valence-electron chi connectivity index (χ1n) is 9.65. The number of anilines is 1. The number of aromatic nitrogens is 3. The second kappa shape index (κ2) is 7.24. The third kappa shape index (κ3) is 3.33. The van der Waals surface area contributed by atoms with E-state index in [0.717, 1.165) is 65.2 Å². The maximum atomic E-state index is 5.69. The lowest BCUT2D eigenvalue weighted by Crippen LogP contribution is -2.19. The molecule has 5 rings (SSSR count). The first kappa shape index (κ1) is 17.2. The number of fused-ring (bicyclic) bond motifs is 2. The highest BCUT2D eigenvalue weighted by atomic mass is 16.6. The lowest BCUT2D eigenvalue weighted by atomic mass is 10.1. The summed E-state index contributed by atoms with van der Waals surface area (Å²) in [6.45, 7) is 4.79. The van der Waals surface area contributed by atoms with Crippen LogP contribution in [0, 0.1) is 6.92 Å². The molecule has 1 N–H and O–H groups in total. The molecule has 0 saturated carbocycles. The summed E-state index contributed by atoms with van der Waals surface area (Å²) in [4.78, 5) is 13.7. The average molecular weight is 378 g/mol. The molecule has 1 aromatic carbocycles. The van der Waals surface area contributed by atoms with E-state index in [1.807, 2.05) is 12.1 Å². The maximum absolute atomic E-state index is 5.69. The van der Waals surface area contributed by atoms with Gasteiger partial charge in [-0.15, -0.1) is 0 Å². The Morgan fingerprint density at radius 3 is 2.57 bits per heavy atom. The number of nitrogens with one attached hydrogen (secondary N) is 1. The summed E-state index contributed by atoms with van der Waals surface area (Å²) in [5.41, 5.74) is 3.72. The fourth-order valence-electron chi connectivity index (χ4n) is 3.64. The Kier molecular flexibility index (Phi) is 4.44. The highest BCUT2D eigenvalue weighted by molar-refractivity contribution is 5.88. The van der Waals surface area contributed by atoms with Crippen LogP contribution in [0.1, 0.15) is 18.4 Å². The topological polar surface area (TPSA) is 78.4 Å². The Morgan fingerprint density at radius 2 is 1.82 bits per heavy atom. The van der Waals surface area contributed by atoms with Crippen molar-refractivity contribution in [3.05, 3.63) is 36.2 Å². The summed E-state index contributed by atoms with van der Waals surface area (Å²) >= 11 is 0. The summed E-state index contributed by atoms with van der Waals surface area (Å²) in [5, 5.41) is 4.30. The quantitative estimate of drug-likeness (QED) is 0.746. The molecule has 144 valence electrons. The highest BCUT2D eigenvalue weighted by Gasteiger charge is 2.17. The van der Waals surface area contributed by atoms with Crippen LogP contribution in [-0.4, -0.2) is 47.4 Å². The van der Waals surface area contributed by atoms with E-state index in [1.165, 1.54) is 0 Å². The smallest absolute Gasteiger partial charge is 0.222 e. The predicted octanol–water partition coefficient (Wildman–Crippen LogP) is 3.36. The van der Waals surface area contributed by atoms with Crippen LogP contribution in [0.4, 0.5) is 5.95 Å². The Bertz CT molecular complexity index is 1000.